The van der Waals surface area contributed by atoms with E-state index < -0.39 is 21.2 Å². The third-order valence-corrected chi connectivity index (χ3v) is 7.38. The summed E-state index contributed by atoms with van der Waals surface area (Å²) in [5, 5.41) is 0. The molecule has 2 aliphatic rings. The summed E-state index contributed by atoms with van der Waals surface area (Å²) < 4.78 is 54.8. The summed E-state index contributed by atoms with van der Waals surface area (Å²) in [6.07, 6.45) is 2.79. The molecule has 0 saturated heterocycles. The van der Waals surface area contributed by atoms with Crippen molar-refractivity contribution in [1.29, 1.82) is 0 Å². The van der Waals surface area contributed by atoms with E-state index in [4.69, 9.17) is 0 Å². The van der Waals surface area contributed by atoms with Crippen LogP contribution < -0.4 is 0 Å². The summed E-state index contributed by atoms with van der Waals surface area (Å²) in [5.74, 6) is 0. The fraction of sp³-hybridized carbons (Fsp3) is 0.182. The Bertz CT molecular complexity index is 1310. The Kier molecular flexibility index (Phi) is 4.25. The molecule has 0 bridgehead atoms. The lowest BCUT2D eigenvalue weighted by Gasteiger charge is -2.26. The standard InChI is InChI=1S/C22H18O5S2/c23-28(24)21-3-1-13-5-15-8-18-10-20-12-22(29(25,26)27)4-2-14(20)6-16(18)7-17(15)9-19(13)11-21/h1-4,7-8,11-12H,5-6,9-10H2,(H,23,24)(H,25,26,27)/p-1. The van der Waals surface area contributed by atoms with E-state index >= 15 is 0 Å². The van der Waals surface area contributed by atoms with E-state index in [1.165, 1.54) is 28.3 Å². The molecule has 1 unspecified atom stereocenters. The largest absolute Gasteiger partial charge is 0.768 e. The molecule has 29 heavy (non-hydrogen) atoms. The highest BCUT2D eigenvalue weighted by Gasteiger charge is 2.23. The Labute approximate surface area is 171 Å². The second-order valence-electron chi connectivity index (χ2n) is 7.67. The molecule has 0 saturated carbocycles. The molecule has 0 radical (unpaired) electrons. The second-order valence-corrected chi connectivity index (χ2v) is 10.0. The Hall–Kier alpha value is -2.32. The molecule has 5 rings (SSSR count). The van der Waals surface area contributed by atoms with Crippen LogP contribution in [0.5, 0.6) is 0 Å². The summed E-state index contributed by atoms with van der Waals surface area (Å²) in [6.45, 7) is 0. The van der Waals surface area contributed by atoms with Gasteiger partial charge in [-0.2, -0.15) is 8.42 Å². The van der Waals surface area contributed by atoms with Crippen LogP contribution in [0.1, 0.15) is 44.5 Å². The van der Waals surface area contributed by atoms with Crippen LogP contribution >= 0.6 is 0 Å². The molecule has 3 aromatic rings. The van der Waals surface area contributed by atoms with Gasteiger partial charge in [-0.25, -0.2) is 0 Å². The summed E-state index contributed by atoms with van der Waals surface area (Å²) in [6, 6.07) is 14.4. The zero-order valence-electron chi connectivity index (χ0n) is 15.3. The summed E-state index contributed by atoms with van der Waals surface area (Å²) in [4.78, 5) is 0.242. The number of rotatable bonds is 2. The average molecular weight is 426 g/mol. The van der Waals surface area contributed by atoms with Gasteiger partial charge in [-0.3, -0.25) is 8.76 Å². The molecule has 2 aliphatic carbocycles. The summed E-state index contributed by atoms with van der Waals surface area (Å²) in [7, 11) is -4.22. The van der Waals surface area contributed by atoms with E-state index in [-0.39, 0.29) is 4.90 Å². The third kappa shape index (κ3) is 3.34. The van der Waals surface area contributed by atoms with Gasteiger partial charge in [-0.15, -0.1) is 0 Å². The Balaban J connectivity index is 1.52. The molecule has 148 valence electrons. The number of hydrogen-bond acceptors (Lipinski definition) is 4. The zero-order chi connectivity index (χ0) is 20.3. The van der Waals surface area contributed by atoms with Crippen molar-refractivity contribution in [2.45, 2.75) is 35.5 Å². The van der Waals surface area contributed by atoms with Crippen LogP contribution in [0.4, 0.5) is 0 Å². The first kappa shape index (κ1) is 18.7. The zero-order valence-corrected chi connectivity index (χ0v) is 17.0. The van der Waals surface area contributed by atoms with Crippen LogP contribution in [0, 0.1) is 0 Å². The van der Waals surface area contributed by atoms with Gasteiger partial charge in [0.1, 0.15) is 0 Å². The van der Waals surface area contributed by atoms with Gasteiger partial charge in [-0.1, -0.05) is 24.3 Å². The highest BCUT2D eigenvalue weighted by molar-refractivity contribution is 7.85. The Morgan fingerprint density at radius 3 is 1.66 bits per heavy atom. The molecule has 5 nitrogen and oxygen atoms in total. The van der Waals surface area contributed by atoms with Gasteiger partial charge in [0.25, 0.3) is 10.1 Å². The van der Waals surface area contributed by atoms with Gasteiger partial charge in [0, 0.05) is 4.90 Å². The number of fused-ring (bicyclic) bond motifs is 4. The van der Waals surface area contributed by atoms with E-state index in [1.54, 1.807) is 24.3 Å². The van der Waals surface area contributed by atoms with E-state index in [2.05, 4.69) is 12.1 Å². The average Bonchev–Trinajstić information content (AvgIpc) is 2.67. The summed E-state index contributed by atoms with van der Waals surface area (Å²) in [5.41, 5.74) is 8.98. The van der Waals surface area contributed by atoms with Crippen molar-refractivity contribution < 1.29 is 21.7 Å². The molecule has 0 spiro atoms. The minimum Gasteiger partial charge on any atom is -0.768 e. The molecule has 1 N–H and O–H groups in total. The van der Waals surface area contributed by atoms with Crippen molar-refractivity contribution in [1.82, 2.24) is 0 Å². The normalized spacial score (nSPS) is 15.7. The fourth-order valence-electron chi connectivity index (χ4n) is 4.41. The molecular weight excluding hydrogens is 408 g/mol. The van der Waals surface area contributed by atoms with Gasteiger partial charge < -0.3 is 4.55 Å². The predicted molar refractivity (Wildman–Crippen MR) is 108 cm³/mol. The van der Waals surface area contributed by atoms with E-state index in [9.17, 15) is 21.7 Å². The van der Waals surface area contributed by atoms with Crippen molar-refractivity contribution in [3.8, 4) is 0 Å². The maximum absolute atomic E-state index is 11.5. The van der Waals surface area contributed by atoms with Crippen LogP contribution in [0.25, 0.3) is 0 Å². The predicted octanol–water partition coefficient (Wildman–Crippen LogP) is 3.16. The molecule has 3 aromatic carbocycles. The van der Waals surface area contributed by atoms with Crippen molar-refractivity contribution in [2.75, 3.05) is 0 Å². The maximum Gasteiger partial charge on any atom is 0.294 e. The molecule has 0 aliphatic heterocycles. The van der Waals surface area contributed by atoms with Gasteiger partial charge in [-0.05, 0) is 106 Å². The lowest BCUT2D eigenvalue weighted by Crippen LogP contribution is -2.14. The molecule has 0 fully saturated rings. The lowest BCUT2D eigenvalue weighted by molar-refractivity contribution is 0.483. The van der Waals surface area contributed by atoms with Crippen LogP contribution in [0.3, 0.4) is 0 Å². The third-order valence-electron chi connectivity index (χ3n) is 5.89. The number of hydrogen-bond donors (Lipinski definition) is 1. The molecule has 7 heteroatoms. The van der Waals surface area contributed by atoms with Gasteiger partial charge in [0.05, 0.1) is 4.90 Å². The minimum atomic E-state index is -4.22. The van der Waals surface area contributed by atoms with Crippen LogP contribution in [0.2, 0.25) is 0 Å². The van der Waals surface area contributed by atoms with Gasteiger partial charge in [0.2, 0.25) is 0 Å². The van der Waals surface area contributed by atoms with Gasteiger partial charge in [0.15, 0.2) is 0 Å². The molecule has 0 heterocycles. The van der Waals surface area contributed by atoms with Crippen molar-refractivity contribution >= 4 is 21.2 Å². The van der Waals surface area contributed by atoms with Crippen molar-refractivity contribution in [3.05, 3.63) is 93.0 Å². The first-order valence-electron chi connectivity index (χ1n) is 9.22. The Morgan fingerprint density at radius 1 is 0.690 bits per heavy atom. The van der Waals surface area contributed by atoms with E-state index in [1.807, 2.05) is 6.07 Å². The Morgan fingerprint density at radius 2 is 1.14 bits per heavy atom. The fourth-order valence-corrected chi connectivity index (χ4v) is 5.36. The molecular formula is C22H17O5S2-. The van der Waals surface area contributed by atoms with Gasteiger partial charge >= 0.3 is 0 Å². The highest BCUT2D eigenvalue weighted by Crippen LogP contribution is 2.35. The molecule has 1 atom stereocenters. The van der Waals surface area contributed by atoms with Crippen LogP contribution in [0.15, 0.2) is 58.3 Å². The lowest BCUT2D eigenvalue weighted by atomic mass is 9.79. The van der Waals surface area contributed by atoms with Crippen LogP contribution in [-0.4, -0.2) is 21.7 Å². The second kappa shape index (κ2) is 6.60. The van der Waals surface area contributed by atoms with E-state index in [0.29, 0.717) is 24.2 Å². The first-order chi connectivity index (χ1) is 13.8. The van der Waals surface area contributed by atoms with Crippen molar-refractivity contribution in [3.63, 3.8) is 0 Å². The maximum atomic E-state index is 11.5. The molecule has 0 aromatic heterocycles. The topological polar surface area (TPSA) is 94.5 Å². The summed E-state index contributed by atoms with van der Waals surface area (Å²) >= 11 is -2.23. The molecule has 0 amide bonds. The monoisotopic (exact) mass is 425 g/mol. The smallest absolute Gasteiger partial charge is 0.294 e. The van der Waals surface area contributed by atoms with E-state index in [0.717, 1.165) is 28.7 Å². The van der Waals surface area contributed by atoms with Crippen LogP contribution in [-0.2, 0) is 46.9 Å². The quantitative estimate of drug-likeness (QED) is 0.346. The van der Waals surface area contributed by atoms with Crippen molar-refractivity contribution in [2.24, 2.45) is 0 Å². The SMILES string of the molecule is O=S([O-])c1ccc2c(c1)Cc1cc3c(cc1C2)Cc1cc(S(=O)(=O)O)ccc1C3. The number of benzene rings is 3. The minimum absolute atomic E-state index is 0.0712. The first-order valence-corrected chi connectivity index (χ1v) is 11.7. The highest BCUT2D eigenvalue weighted by atomic mass is 32.2.